The molecule has 232 valence electrons. The van der Waals surface area contributed by atoms with Crippen molar-refractivity contribution < 1.29 is 27.4 Å². The van der Waals surface area contributed by atoms with Gasteiger partial charge in [-0.3, -0.25) is 4.79 Å². The second-order valence-corrected chi connectivity index (χ2v) is 14.9. The Hall–Kier alpha value is -1.72. The number of morpholine rings is 1. The van der Waals surface area contributed by atoms with Gasteiger partial charge in [-0.1, -0.05) is 13.3 Å². The lowest BCUT2D eigenvalue weighted by Crippen LogP contribution is -2.57. The zero-order valence-electron chi connectivity index (χ0n) is 26.2. The zero-order valence-corrected chi connectivity index (χ0v) is 27.0. The molecule has 10 heteroatoms. The summed E-state index contributed by atoms with van der Waals surface area (Å²) in [7, 11) is -0.0280. The first-order chi connectivity index (χ1) is 19.3. The number of benzene rings is 1. The fourth-order valence-corrected chi connectivity index (χ4v) is 8.79. The first-order valence-electron chi connectivity index (χ1n) is 15.2. The molecule has 1 saturated carbocycles. The van der Waals surface area contributed by atoms with Gasteiger partial charge in [-0.05, 0) is 95.5 Å². The van der Waals surface area contributed by atoms with E-state index in [1.54, 1.807) is 33.1 Å². The van der Waals surface area contributed by atoms with E-state index in [2.05, 4.69) is 18.9 Å². The molecule has 0 N–H and O–H groups in total. The number of hydrogen-bond donors (Lipinski definition) is 0. The molecule has 1 atom stereocenters. The van der Waals surface area contributed by atoms with E-state index in [9.17, 15) is 13.2 Å². The van der Waals surface area contributed by atoms with Crippen molar-refractivity contribution in [3.63, 3.8) is 0 Å². The summed E-state index contributed by atoms with van der Waals surface area (Å²) >= 11 is 0. The molecule has 0 radical (unpaired) electrons. The predicted molar refractivity (Wildman–Crippen MR) is 160 cm³/mol. The van der Waals surface area contributed by atoms with E-state index in [-0.39, 0.29) is 42.6 Å². The first-order valence-corrected chi connectivity index (χ1v) is 16.6. The number of amides is 1. The second kappa shape index (κ2) is 12.9. The summed E-state index contributed by atoms with van der Waals surface area (Å²) in [6, 6.07) is 3.68. The molecule has 2 saturated heterocycles. The van der Waals surface area contributed by atoms with Crippen molar-refractivity contribution in [2.75, 3.05) is 60.2 Å². The maximum absolute atomic E-state index is 14.0. The summed E-state index contributed by atoms with van der Waals surface area (Å²) in [4.78, 5) is 17.8. The van der Waals surface area contributed by atoms with Crippen LogP contribution in [0.3, 0.4) is 0 Å². The highest BCUT2D eigenvalue weighted by atomic mass is 32.2. The average molecular weight is 594 g/mol. The maximum Gasteiger partial charge on any atom is 0.248 e. The largest absolute Gasteiger partial charge is 0.497 e. The number of aryl methyl sites for hydroxylation is 2. The van der Waals surface area contributed by atoms with Gasteiger partial charge < -0.3 is 24.0 Å². The summed E-state index contributed by atoms with van der Waals surface area (Å²) in [5, 5.41) is 0. The fourth-order valence-electron chi connectivity index (χ4n) is 6.63. The molecule has 1 aliphatic carbocycles. The summed E-state index contributed by atoms with van der Waals surface area (Å²) in [5.74, 6) is 0.592. The highest BCUT2D eigenvalue weighted by Crippen LogP contribution is 2.38. The number of nitrogens with zero attached hydrogens (tertiary/aromatic N) is 3. The third-order valence-corrected chi connectivity index (χ3v) is 11.8. The highest BCUT2D eigenvalue weighted by molar-refractivity contribution is 7.89. The van der Waals surface area contributed by atoms with Gasteiger partial charge in [0.2, 0.25) is 15.9 Å². The minimum Gasteiger partial charge on any atom is -0.497 e. The van der Waals surface area contributed by atoms with Crippen LogP contribution in [-0.2, 0) is 24.3 Å². The van der Waals surface area contributed by atoms with Crippen molar-refractivity contribution in [1.29, 1.82) is 0 Å². The summed E-state index contributed by atoms with van der Waals surface area (Å²) in [6.07, 6.45) is 7.08. The van der Waals surface area contributed by atoms with Crippen LogP contribution in [0.4, 0.5) is 0 Å². The Balaban J connectivity index is 1.36. The van der Waals surface area contributed by atoms with Crippen LogP contribution in [0, 0.1) is 19.3 Å². The van der Waals surface area contributed by atoms with Crippen LogP contribution >= 0.6 is 0 Å². The molecule has 3 fully saturated rings. The number of methoxy groups -OCH3 is 1. The smallest absolute Gasteiger partial charge is 0.248 e. The van der Waals surface area contributed by atoms with Gasteiger partial charge >= 0.3 is 0 Å². The van der Waals surface area contributed by atoms with Gasteiger partial charge in [0.05, 0.1) is 36.9 Å². The third-order valence-electron chi connectivity index (χ3n) is 9.59. The van der Waals surface area contributed by atoms with Crippen molar-refractivity contribution >= 4 is 15.9 Å². The molecule has 1 aromatic carbocycles. The molecule has 9 nitrogen and oxygen atoms in total. The lowest BCUT2D eigenvalue weighted by Gasteiger charge is -2.46. The van der Waals surface area contributed by atoms with E-state index in [1.165, 1.54) is 23.6 Å². The Bertz CT molecular complexity index is 1150. The summed E-state index contributed by atoms with van der Waals surface area (Å²) < 4.78 is 46.7. The van der Waals surface area contributed by atoms with Crippen LogP contribution in [0.25, 0.3) is 0 Å². The monoisotopic (exact) mass is 593 g/mol. The van der Waals surface area contributed by atoms with E-state index >= 15 is 0 Å². The second-order valence-electron chi connectivity index (χ2n) is 13.1. The number of likely N-dealkylation sites (tertiary alicyclic amines) is 1. The van der Waals surface area contributed by atoms with Crippen molar-refractivity contribution in [3.05, 3.63) is 23.3 Å². The molecule has 2 aliphatic heterocycles. The van der Waals surface area contributed by atoms with Gasteiger partial charge in [-0.25, -0.2) is 8.42 Å². The van der Waals surface area contributed by atoms with E-state index in [1.807, 2.05) is 18.7 Å². The van der Waals surface area contributed by atoms with Crippen LogP contribution in [0.1, 0.15) is 70.4 Å². The number of rotatable bonds is 11. The molecule has 4 rings (SSSR count). The molecule has 3 aliphatic rings. The van der Waals surface area contributed by atoms with Gasteiger partial charge in [0.15, 0.2) is 0 Å². The molecular formula is C31H51N3O6S. The normalized spacial score (nSPS) is 23.4. The highest BCUT2D eigenvalue weighted by Gasteiger charge is 2.43. The molecule has 41 heavy (non-hydrogen) atoms. The van der Waals surface area contributed by atoms with Gasteiger partial charge in [0.25, 0.3) is 0 Å². The van der Waals surface area contributed by atoms with E-state index in [4.69, 9.17) is 14.2 Å². The van der Waals surface area contributed by atoms with E-state index < -0.39 is 21.7 Å². The van der Waals surface area contributed by atoms with Gasteiger partial charge in [-0.15, -0.1) is 0 Å². The maximum atomic E-state index is 14.0. The van der Waals surface area contributed by atoms with Crippen LogP contribution < -0.4 is 4.74 Å². The predicted octanol–water partition coefficient (Wildman–Crippen LogP) is 4.00. The lowest BCUT2D eigenvalue weighted by molar-refractivity contribution is -0.141. The third kappa shape index (κ3) is 7.26. The first kappa shape index (κ1) is 32.2. The Kier molecular flexibility index (Phi) is 10.1. The van der Waals surface area contributed by atoms with Crippen LogP contribution in [0.5, 0.6) is 5.75 Å². The molecule has 0 aromatic heterocycles. The molecule has 0 bridgehead atoms. The van der Waals surface area contributed by atoms with Crippen molar-refractivity contribution in [1.82, 2.24) is 14.1 Å². The quantitative estimate of drug-likeness (QED) is 0.383. The molecule has 2 heterocycles. The summed E-state index contributed by atoms with van der Waals surface area (Å²) in [5.41, 5.74) is 0.891. The number of ether oxygens (including phenoxy) is 3. The molecule has 0 unspecified atom stereocenters. The zero-order chi connectivity index (χ0) is 30.0. The Labute approximate surface area is 247 Å². The number of sulfonamides is 1. The summed E-state index contributed by atoms with van der Waals surface area (Å²) in [6.45, 7) is 12.6. The Morgan fingerprint density at radius 3 is 2.32 bits per heavy atom. The number of piperidine rings is 1. The SMILES string of the molecule is CCC1(CN(C)C2CCC2)CCN(C(=O)COC[C@@H]2COC(C)(C)CN2S(=O)(=O)c2c(C)cc(OC)cc2C)CC1. The Morgan fingerprint density at radius 1 is 1.15 bits per heavy atom. The van der Waals surface area contributed by atoms with Crippen LogP contribution in [0.2, 0.25) is 0 Å². The molecule has 0 spiro atoms. The number of hydrogen-bond acceptors (Lipinski definition) is 7. The fraction of sp³-hybridized carbons (Fsp3) is 0.774. The Morgan fingerprint density at radius 2 is 1.78 bits per heavy atom. The van der Waals surface area contributed by atoms with Crippen molar-refractivity contribution in [3.8, 4) is 5.75 Å². The minimum absolute atomic E-state index is 0.0321. The standard InChI is InChI=1S/C31H51N3O6S/c1-8-31(22-32(6)25-10-9-11-25)12-14-33(15-13-31)28(35)20-39-18-26-19-40-30(4,5)21-34(26)41(36,37)29-23(2)16-27(38-7)17-24(29)3/h16-17,25-26H,8-15,18-22H2,1-7H3/t26-/m1/s1. The number of carbonyl (C=O) groups is 1. The molecule has 1 aromatic rings. The molecular weight excluding hydrogens is 542 g/mol. The van der Waals surface area contributed by atoms with Crippen molar-refractivity contribution in [2.24, 2.45) is 5.41 Å². The topological polar surface area (TPSA) is 88.6 Å². The minimum atomic E-state index is -3.85. The van der Waals surface area contributed by atoms with Gasteiger partial charge in [0, 0.05) is 32.2 Å². The number of carbonyl (C=O) groups excluding carboxylic acids is 1. The van der Waals surface area contributed by atoms with Crippen LogP contribution in [0.15, 0.2) is 17.0 Å². The lowest BCUT2D eigenvalue weighted by atomic mass is 9.75. The van der Waals surface area contributed by atoms with E-state index in [0.717, 1.165) is 44.9 Å². The van der Waals surface area contributed by atoms with Gasteiger partial charge in [-0.2, -0.15) is 4.31 Å². The van der Waals surface area contributed by atoms with Crippen LogP contribution in [-0.4, -0.2) is 106 Å². The average Bonchev–Trinajstić information content (AvgIpc) is 2.87. The van der Waals surface area contributed by atoms with Crippen molar-refractivity contribution in [2.45, 2.75) is 95.7 Å². The van der Waals surface area contributed by atoms with E-state index in [0.29, 0.717) is 16.9 Å². The van der Waals surface area contributed by atoms with Gasteiger partial charge in [0.1, 0.15) is 12.4 Å². The molecule has 1 amide bonds.